The van der Waals surface area contributed by atoms with E-state index in [0.29, 0.717) is 32.1 Å². The van der Waals surface area contributed by atoms with Crippen LogP contribution in [-0.4, -0.2) is 53.4 Å². The Morgan fingerprint density at radius 1 is 1.06 bits per heavy atom. The second kappa shape index (κ2) is 9.51. The molecule has 0 radical (unpaired) electrons. The first kappa shape index (κ1) is 22.5. The maximum Gasteiger partial charge on any atom is 0.326 e. The van der Waals surface area contributed by atoms with Gasteiger partial charge in [-0.2, -0.15) is 0 Å². The molecule has 0 amide bonds. The molecule has 2 aromatic heterocycles. The number of aromatic nitrogens is 2. The number of ether oxygens (including phenoxy) is 1. The minimum atomic E-state index is -1.11. The average Bonchev–Trinajstić information content (AvgIpc) is 2.89. The van der Waals surface area contributed by atoms with E-state index in [4.69, 9.17) is 4.74 Å². The molecular weight excluding hydrogens is 450 g/mol. The van der Waals surface area contributed by atoms with E-state index < -0.39 is 22.9 Å². The molecule has 178 valence electrons. The minimum Gasteiger partial charge on any atom is -0.480 e. The zero-order chi connectivity index (χ0) is 24.4. The van der Waals surface area contributed by atoms with Gasteiger partial charge < -0.3 is 25.4 Å². The molecule has 0 bridgehead atoms. The topological polar surface area (TPSA) is 134 Å². The summed E-state index contributed by atoms with van der Waals surface area (Å²) in [5.41, 5.74) is 0.587. The number of nitrogens with zero attached hydrogens (tertiary/aromatic N) is 3. The minimum absolute atomic E-state index is 0.0678. The van der Waals surface area contributed by atoms with E-state index in [0.717, 1.165) is 22.0 Å². The van der Waals surface area contributed by atoms with Crippen LogP contribution in [0.5, 0.6) is 0 Å². The second-order valence-corrected chi connectivity index (χ2v) is 8.30. The van der Waals surface area contributed by atoms with Crippen LogP contribution in [0.15, 0.2) is 64.6 Å². The van der Waals surface area contributed by atoms with Crippen LogP contribution in [-0.2, 0) is 16.0 Å². The summed E-state index contributed by atoms with van der Waals surface area (Å²) in [5, 5.41) is 17.7. The molecule has 10 heteroatoms. The van der Waals surface area contributed by atoms with Gasteiger partial charge in [0.25, 0.3) is 10.9 Å². The fraction of sp³-hybridized carbons (Fsp3) is 0.240. The zero-order valence-corrected chi connectivity index (χ0v) is 18.7. The van der Waals surface area contributed by atoms with Crippen LogP contribution in [0.1, 0.15) is 5.56 Å². The number of hydrogen-bond donors (Lipinski definition) is 3. The van der Waals surface area contributed by atoms with Gasteiger partial charge in [0.05, 0.1) is 13.2 Å². The Morgan fingerprint density at radius 2 is 1.80 bits per heavy atom. The van der Waals surface area contributed by atoms with Crippen molar-refractivity contribution in [1.29, 1.82) is 0 Å². The predicted octanol–water partition coefficient (Wildman–Crippen LogP) is 1.91. The molecule has 1 fully saturated rings. The third-order valence-corrected chi connectivity index (χ3v) is 6.05. The molecular formula is C25H23N5O5. The first-order valence-corrected chi connectivity index (χ1v) is 11.2. The van der Waals surface area contributed by atoms with E-state index in [9.17, 15) is 19.5 Å². The lowest BCUT2D eigenvalue weighted by Crippen LogP contribution is -2.48. The highest BCUT2D eigenvalue weighted by atomic mass is 16.5. The molecule has 0 aliphatic carbocycles. The van der Waals surface area contributed by atoms with Crippen LogP contribution in [0.3, 0.4) is 0 Å². The first-order chi connectivity index (χ1) is 17.0. The molecule has 4 aromatic rings. The number of carboxylic acid groups (broad SMARTS) is 1. The van der Waals surface area contributed by atoms with Gasteiger partial charge in [-0.05, 0) is 35.2 Å². The molecule has 1 aliphatic heterocycles. The highest BCUT2D eigenvalue weighted by Crippen LogP contribution is 2.25. The van der Waals surface area contributed by atoms with Crippen molar-refractivity contribution >= 4 is 39.6 Å². The number of carbonyl (C=O) groups is 1. The summed E-state index contributed by atoms with van der Waals surface area (Å²) >= 11 is 0. The van der Waals surface area contributed by atoms with Crippen molar-refractivity contribution in [2.24, 2.45) is 0 Å². The van der Waals surface area contributed by atoms with Gasteiger partial charge in [-0.25, -0.2) is 9.78 Å². The normalized spacial score (nSPS) is 14.7. The van der Waals surface area contributed by atoms with Crippen molar-refractivity contribution in [2.75, 3.05) is 41.8 Å². The van der Waals surface area contributed by atoms with E-state index in [2.05, 4.69) is 20.6 Å². The van der Waals surface area contributed by atoms with E-state index in [1.165, 1.54) is 0 Å². The average molecular weight is 473 g/mol. The van der Waals surface area contributed by atoms with Crippen molar-refractivity contribution in [3.8, 4) is 0 Å². The Morgan fingerprint density at radius 3 is 2.54 bits per heavy atom. The molecule has 2 aromatic carbocycles. The van der Waals surface area contributed by atoms with E-state index in [1.807, 2.05) is 36.4 Å². The van der Waals surface area contributed by atoms with Crippen LogP contribution in [0.25, 0.3) is 10.8 Å². The number of fused-ring (bicyclic) bond motifs is 1. The molecule has 3 N–H and O–H groups in total. The Kier molecular flexibility index (Phi) is 6.11. The predicted molar refractivity (Wildman–Crippen MR) is 132 cm³/mol. The Labute approximate surface area is 199 Å². The molecule has 1 aliphatic rings. The van der Waals surface area contributed by atoms with Gasteiger partial charge in [0, 0.05) is 49.2 Å². The molecule has 10 nitrogen and oxygen atoms in total. The number of anilines is 4. The fourth-order valence-corrected chi connectivity index (χ4v) is 4.18. The number of benzene rings is 1. The molecule has 1 saturated heterocycles. The molecule has 5 rings (SSSR count). The lowest BCUT2D eigenvalue weighted by atomic mass is 10.0. The van der Waals surface area contributed by atoms with Gasteiger partial charge in [0.2, 0.25) is 0 Å². The Balaban J connectivity index is 1.30. The van der Waals surface area contributed by atoms with Gasteiger partial charge in [0.1, 0.15) is 23.2 Å². The van der Waals surface area contributed by atoms with E-state index in [-0.39, 0.29) is 17.8 Å². The number of carboxylic acids is 1. The highest BCUT2D eigenvalue weighted by molar-refractivity contribution is 5.92. The summed E-state index contributed by atoms with van der Waals surface area (Å²) in [6.07, 6.45) is 5.32. The molecule has 3 heterocycles. The monoisotopic (exact) mass is 473 g/mol. The smallest absolute Gasteiger partial charge is 0.326 e. The fourth-order valence-electron chi connectivity index (χ4n) is 4.18. The first-order valence-electron chi connectivity index (χ1n) is 11.2. The van der Waals surface area contributed by atoms with E-state index in [1.54, 1.807) is 23.5 Å². The lowest BCUT2D eigenvalue weighted by Gasteiger charge is -2.31. The molecule has 0 saturated carbocycles. The number of morpholine rings is 1. The Bertz CT molecular complexity index is 1430. The van der Waals surface area contributed by atoms with Crippen LogP contribution in [0.4, 0.5) is 22.9 Å². The highest BCUT2D eigenvalue weighted by Gasteiger charge is 2.30. The maximum atomic E-state index is 12.2. The number of hydrogen-bond acceptors (Lipinski definition) is 9. The largest absolute Gasteiger partial charge is 0.480 e. The number of pyridine rings is 2. The van der Waals surface area contributed by atoms with Crippen LogP contribution in [0.2, 0.25) is 0 Å². The number of aliphatic carboxylic acids is 1. The van der Waals surface area contributed by atoms with Crippen molar-refractivity contribution in [1.82, 2.24) is 9.97 Å². The SMILES string of the molecule is O=C(O)[C@H](Cc1ccc(Nc2nccc3ccncc23)cc1)Nc1c(N2CCOCC2)c(=O)c1=O. The van der Waals surface area contributed by atoms with Crippen molar-refractivity contribution in [3.05, 3.63) is 81.0 Å². The van der Waals surface area contributed by atoms with Crippen LogP contribution in [0, 0.1) is 0 Å². The maximum absolute atomic E-state index is 12.2. The zero-order valence-electron chi connectivity index (χ0n) is 18.7. The van der Waals surface area contributed by atoms with Crippen molar-refractivity contribution < 1.29 is 14.6 Å². The Hall–Kier alpha value is -4.31. The van der Waals surface area contributed by atoms with Crippen LogP contribution < -0.4 is 26.4 Å². The molecule has 1 atom stereocenters. The van der Waals surface area contributed by atoms with Gasteiger partial charge >= 0.3 is 5.97 Å². The van der Waals surface area contributed by atoms with Crippen molar-refractivity contribution in [2.45, 2.75) is 12.5 Å². The van der Waals surface area contributed by atoms with Gasteiger partial charge in [0.15, 0.2) is 0 Å². The third kappa shape index (κ3) is 4.56. The summed E-state index contributed by atoms with van der Waals surface area (Å²) in [4.78, 5) is 46.6. The molecule has 35 heavy (non-hydrogen) atoms. The molecule has 0 spiro atoms. The number of nitrogens with one attached hydrogen (secondary N) is 2. The van der Waals surface area contributed by atoms with Gasteiger partial charge in [-0.15, -0.1) is 0 Å². The van der Waals surface area contributed by atoms with Gasteiger partial charge in [-0.1, -0.05) is 12.1 Å². The summed E-state index contributed by atoms with van der Waals surface area (Å²) in [6.45, 7) is 1.86. The standard InChI is InChI=1S/C25H23N5O5/c31-22-20(21(23(22)32)30-9-11-35-12-10-30)29-19(25(33)34)13-15-1-3-17(4-2-15)28-24-18-14-26-7-5-16(18)6-8-27-24/h1-8,14,19,29H,9-13H2,(H,27,28)(H,33,34)/t19-/m0/s1. The summed E-state index contributed by atoms with van der Waals surface area (Å²) in [7, 11) is 0. The lowest BCUT2D eigenvalue weighted by molar-refractivity contribution is -0.137. The quantitative estimate of drug-likeness (QED) is 0.326. The third-order valence-electron chi connectivity index (χ3n) is 6.05. The summed E-state index contributed by atoms with van der Waals surface area (Å²) in [5.74, 6) is -0.440. The van der Waals surface area contributed by atoms with Crippen molar-refractivity contribution in [3.63, 3.8) is 0 Å². The summed E-state index contributed by atoms with van der Waals surface area (Å²) in [6, 6.07) is 10.0. The summed E-state index contributed by atoms with van der Waals surface area (Å²) < 4.78 is 5.30. The number of rotatable bonds is 8. The molecule has 0 unspecified atom stereocenters. The van der Waals surface area contributed by atoms with Crippen LogP contribution >= 0.6 is 0 Å². The second-order valence-electron chi connectivity index (χ2n) is 8.30. The van der Waals surface area contributed by atoms with E-state index >= 15 is 0 Å². The van der Waals surface area contributed by atoms with Gasteiger partial charge in [-0.3, -0.25) is 14.6 Å².